The van der Waals surface area contributed by atoms with Crippen LogP contribution < -0.4 is 10.2 Å². The van der Waals surface area contributed by atoms with Crippen LogP contribution in [0.2, 0.25) is 0 Å². The van der Waals surface area contributed by atoms with E-state index in [1.54, 1.807) is 13.8 Å². The predicted molar refractivity (Wildman–Crippen MR) is 87.2 cm³/mol. The van der Waals surface area contributed by atoms with Crippen molar-refractivity contribution in [2.24, 2.45) is 5.41 Å². The van der Waals surface area contributed by atoms with Crippen LogP contribution in [-0.4, -0.2) is 61.5 Å². The van der Waals surface area contributed by atoms with E-state index in [-0.39, 0.29) is 11.4 Å². The van der Waals surface area contributed by atoms with Crippen molar-refractivity contribution in [2.75, 3.05) is 20.7 Å². The highest BCUT2D eigenvalue weighted by molar-refractivity contribution is 7.89. The van der Waals surface area contributed by atoms with Gasteiger partial charge in [-0.25, -0.2) is 13.9 Å². The number of hydrogen-bond acceptors (Lipinski definition) is 6. The minimum atomic E-state index is -4.11. The van der Waals surface area contributed by atoms with Gasteiger partial charge < -0.3 is 9.64 Å². The molecule has 0 radical (unpaired) electrons. The van der Waals surface area contributed by atoms with Crippen LogP contribution in [0.4, 0.5) is 0 Å². The molecule has 10 heteroatoms. The first-order chi connectivity index (χ1) is 11.6. The van der Waals surface area contributed by atoms with Gasteiger partial charge >= 0.3 is 0 Å². The fraction of sp³-hybridized carbons (Fsp3) is 0.467. The highest BCUT2D eigenvalue weighted by Crippen LogP contribution is 2.33. The molecule has 0 aliphatic carbocycles. The second-order valence-corrected chi connectivity index (χ2v) is 8.27. The Labute approximate surface area is 146 Å². The summed E-state index contributed by atoms with van der Waals surface area (Å²) < 4.78 is 32.0. The SMILES string of the molecule is COc1ccc(S(=O)(=O)N2CC(C)(C)C(=O)N(C)C2C(=O)NO)cc1. The van der Waals surface area contributed by atoms with E-state index in [4.69, 9.17) is 9.94 Å². The quantitative estimate of drug-likeness (QED) is 0.569. The molecular weight excluding hydrogens is 350 g/mol. The number of nitrogens with one attached hydrogen (secondary N) is 1. The molecule has 1 unspecified atom stereocenters. The Balaban J connectivity index is 2.53. The number of ether oxygens (including phenoxy) is 1. The maximum atomic E-state index is 13.0. The molecule has 0 bridgehead atoms. The molecule has 1 heterocycles. The lowest BCUT2D eigenvalue weighted by molar-refractivity contribution is -0.160. The Bertz CT molecular complexity index is 775. The summed E-state index contributed by atoms with van der Waals surface area (Å²) >= 11 is 0. The van der Waals surface area contributed by atoms with Gasteiger partial charge in [0.2, 0.25) is 15.9 Å². The topological polar surface area (TPSA) is 116 Å². The summed E-state index contributed by atoms with van der Waals surface area (Å²) in [6, 6.07) is 5.67. The first-order valence-corrected chi connectivity index (χ1v) is 8.87. The molecule has 1 aromatic carbocycles. The average Bonchev–Trinajstić information content (AvgIpc) is 2.58. The summed E-state index contributed by atoms with van der Waals surface area (Å²) in [5, 5.41) is 8.97. The van der Waals surface area contributed by atoms with E-state index in [1.165, 1.54) is 43.9 Å². The number of sulfonamides is 1. The molecule has 1 aliphatic heterocycles. The molecule has 9 nitrogen and oxygen atoms in total. The van der Waals surface area contributed by atoms with Crippen molar-refractivity contribution in [2.45, 2.75) is 24.9 Å². The third kappa shape index (κ3) is 3.32. The van der Waals surface area contributed by atoms with Gasteiger partial charge in [0.1, 0.15) is 5.75 Å². The van der Waals surface area contributed by atoms with Crippen LogP contribution in [0.15, 0.2) is 29.2 Å². The summed E-state index contributed by atoms with van der Waals surface area (Å²) in [5.41, 5.74) is 0.399. The number of hydrogen-bond donors (Lipinski definition) is 2. The zero-order valence-corrected chi connectivity index (χ0v) is 15.2. The summed E-state index contributed by atoms with van der Waals surface area (Å²) in [6.07, 6.45) is -1.49. The minimum absolute atomic E-state index is 0.0532. The number of nitrogens with zero attached hydrogens (tertiary/aromatic N) is 2. The maximum Gasteiger partial charge on any atom is 0.282 e. The number of carbonyl (C=O) groups excluding carboxylic acids is 2. The van der Waals surface area contributed by atoms with Gasteiger partial charge in [-0.15, -0.1) is 0 Å². The number of likely N-dealkylation sites (N-methyl/N-ethyl adjacent to an activating group) is 1. The van der Waals surface area contributed by atoms with Crippen LogP contribution in [0.1, 0.15) is 13.8 Å². The normalized spacial score (nSPS) is 21.1. The zero-order chi connectivity index (χ0) is 19.0. The van der Waals surface area contributed by atoms with Crippen molar-refractivity contribution in [3.63, 3.8) is 0 Å². The number of rotatable bonds is 4. The van der Waals surface area contributed by atoms with Crippen molar-refractivity contribution >= 4 is 21.8 Å². The zero-order valence-electron chi connectivity index (χ0n) is 14.4. The van der Waals surface area contributed by atoms with Gasteiger partial charge in [0, 0.05) is 13.6 Å². The number of methoxy groups -OCH3 is 1. The highest BCUT2D eigenvalue weighted by Gasteiger charge is 2.51. The molecule has 1 aromatic rings. The van der Waals surface area contributed by atoms with E-state index < -0.39 is 33.4 Å². The molecular formula is C15H21N3O6S. The van der Waals surface area contributed by atoms with E-state index in [0.717, 1.165) is 9.21 Å². The second-order valence-electron chi connectivity index (χ2n) is 6.38. The fourth-order valence-electron chi connectivity index (χ4n) is 2.79. The Kier molecular flexibility index (Phi) is 5.07. The molecule has 0 saturated carbocycles. The molecule has 2 rings (SSSR count). The van der Waals surface area contributed by atoms with Crippen LogP contribution in [-0.2, 0) is 19.6 Å². The first-order valence-electron chi connectivity index (χ1n) is 7.43. The lowest BCUT2D eigenvalue weighted by Crippen LogP contribution is -2.67. The Hall–Kier alpha value is -2.17. The standard InChI is InChI=1S/C15H21N3O6S/c1-15(2)9-18(13(12(19)16-21)17(3)14(15)20)25(22,23)11-7-5-10(24-4)6-8-11/h5-8,13,21H,9H2,1-4H3,(H,16,19). The van der Waals surface area contributed by atoms with Gasteiger partial charge in [0.15, 0.2) is 6.17 Å². The molecule has 1 fully saturated rings. The molecule has 0 spiro atoms. The monoisotopic (exact) mass is 371 g/mol. The van der Waals surface area contributed by atoms with Crippen LogP contribution in [0.3, 0.4) is 0 Å². The average molecular weight is 371 g/mol. The number of benzene rings is 1. The number of amides is 2. The lowest BCUT2D eigenvalue weighted by atomic mass is 9.89. The molecule has 2 N–H and O–H groups in total. The summed E-state index contributed by atoms with van der Waals surface area (Å²) in [7, 11) is -1.33. The number of hydroxylamine groups is 1. The molecule has 1 atom stereocenters. The molecule has 25 heavy (non-hydrogen) atoms. The van der Waals surface area contributed by atoms with Gasteiger partial charge in [-0.1, -0.05) is 0 Å². The van der Waals surface area contributed by atoms with Gasteiger partial charge in [-0.3, -0.25) is 14.8 Å². The Morgan fingerprint density at radius 2 is 1.88 bits per heavy atom. The van der Waals surface area contributed by atoms with Crippen molar-refractivity contribution in [3.8, 4) is 5.75 Å². The molecule has 2 amide bonds. The van der Waals surface area contributed by atoms with Gasteiger partial charge in [-0.2, -0.15) is 4.31 Å². The van der Waals surface area contributed by atoms with Gasteiger partial charge in [-0.05, 0) is 38.1 Å². The smallest absolute Gasteiger partial charge is 0.282 e. The third-order valence-corrected chi connectivity index (χ3v) is 5.91. The van der Waals surface area contributed by atoms with Crippen LogP contribution in [0.5, 0.6) is 5.75 Å². The lowest BCUT2D eigenvalue weighted by Gasteiger charge is -2.45. The predicted octanol–water partition coefficient (Wildman–Crippen LogP) is 0.0156. The molecule has 1 aliphatic rings. The van der Waals surface area contributed by atoms with E-state index >= 15 is 0 Å². The molecule has 138 valence electrons. The Morgan fingerprint density at radius 3 is 2.36 bits per heavy atom. The van der Waals surface area contributed by atoms with Crippen molar-refractivity contribution in [3.05, 3.63) is 24.3 Å². The van der Waals surface area contributed by atoms with E-state index in [1.807, 2.05) is 0 Å². The first kappa shape index (κ1) is 19.2. The largest absolute Gasteiger partial charge is 0.497 e. The van der Waals surface area contributed by atoms with Gasteiger partial charge in [0.25, 0.3) is 5.91 Å². The fourth-order valence-corrected chi connectivity index (χ4v) is 4.53. The van der Waals surface area contributed by atoms with E-state index in [0.29, 0.717) is 5.75 Å². The third-order valence-electron chi connectivity index (χ3n) is 4.10. The summed E-state index contributed by atoms with van der Waals surface area (Å²) in [5.74, 6) is -0.930. The molecule has 1 saturated heterocycles. The minimum Gasteiger partial charge on any atom is -0.497 e. The van der Waals surface area contributed by atoms with E-state index in [2.05, 4.69) is 0 Å². The van der Waals surface area contributed by atoms with Crippen LogP contribution in [0.25, 0.3) is 0 Å². The Morgan fingerprint density at radius 1 is 1.32 bits per heavy atom. The molecule has 0 aromatic heterocycles. The van der Waals surface area contributed by atoms with E-state index in [9.17, 15) is 18.0 Å². The van der Waals surface area contributed by atoms with Crippen LogP contribution >= 0.6 is 0 Å². The van der Waals surface area contributed by atoms with Crippen molar-refractivity contribution in [1.29, 1.82) is 0 Å². The summed E-state index contributed by atoms with van der Waals surface area (Å²) in [6.45, 7) is 2.98. The van der Waals surface area contributed by atoms with Crippen LogP contribution in [0, 0.1) is 5.41 Å². The maximum absolute atomic E-state index is 13.0. The second kappa shape index (κ2) is 6.62. The van der Waals surface area contributed by atoms with Crippen molar-refractivity contribution in [1.82, 2.24) is 14.7 Å². The highest BCUT2D eigenvalue weighted by atomic mass is 32.2. The summed E-state index contributed by atoms with van der Waals surface area (Å²) in [4.78, 5) is 25.4. The number of carbonyl (C=O) groups is 2. The van der Waals surface area contributed by atoms with Crippen molar-refractivity contribution < 1.29 is 28.0 Å². The van der Waals surface area contributed by atoms with Gasteiger partial charge in [0.05, 0.1) is 17.4 Å².